The van der Waals surface area contributed by atoms with Crippen LogP contribution in [0.4, 0.5) is 0 Å². The summed E-state index contributed by atoms with van der Waals surface area (Å²) in [5.41, 5.74) is 2.30. The van der Waals surface area contributed by atoms with Gasteiger partial charge in [-0.3, -0.25) is 9.69 Å². The molecule has 1 N–H and O–H groups in total. The predicted molar refractivity (Wildman–Crippen MR) is 78.8 cm³/mol. The van der Waals surface area contributed by atoms with Crippen LogP contribution in [0.15, 0.2) is 24.3 Å². The van der Waals surface area contributed by atoms with Gasteiger partial charge in [0.15, 0.2) is 0 Å². The third-order valence-corrected chi connectivity index (χ3v) is 5.22. The number of carboxylic acid groups (broad SMARTS) is 1. The molecule has 1 aliphatic heterocycles. The van der Waals surface area contributed by atoms with Crippen molar-refractivity contribution in [2.75, 3.05) is 13.1 Å². The van der Waals surface area contributed by atoms with Gasteiger partial charge in [-0.1, -0.05) is 31.2 Å². The summed E-state index contributed by atoms with van der Waals surface area (Å²) in [5, 5.41) is 9.40. The van der Waals surface area contributed by atoms with Crippen LogP contribution in [-0.4, -0.2) is 29.1 Å². The Kier molecular flexibility index (Phi) is 3.33. The highest BCUT2D eigenvalue weighted by Gasteiger charge is 2.43. The lowest BCUT2D eigenvalue weighted by Crippen LogP contribution is -2.35. The normalized spacial score (nSPS) is 33.9. The van der Waals surface area contributed by atoms with Crippen LogP contribution in [0.25, 0.3) is 0 Å². The van der Waals surface area contributed by atoms with E-state index in [1.54, 1.807) is 0 Å². The molecule has 1 saturated heterocycles. The van der Waals surface area contributed by atoms with E-state index in [0.29, 0.717) is 18.5 Å². The summed E-state index contributed by atoms with van der Waals surface area (Å²) < 4.78 is 0. The van der Waals surface area contributed by atoms with Crippen molar-refractivity contribution in [3.8, 4) is 0 Å². The van der Waals surface area contributed by atoms with E-state index in [4.69, 9.17) is 0 Å². The summed E-state index contributed by atoms with van der Waals surface area (Å²) in [6.45, 7) is 5.75. The van der Waals surface area contributed by atoms with E-state index in [1.165, 1.54) is 17.5 Å². The van der Waals surface area contributed by atoms with E-state index in [0.717, 1.165) is 19.4 Å². The molecule has 3 atom stereocenters. The molecule has 0 saturated carbocycles. The van der Waals surface area contributed by atoms with Crippen LogP contribution in [0.3, 0.4) is 0 Å². The molecule has 0 radical (unpaired) electrons. The zero-order chi connectivity index (χ0) is 14.3. The van der Waals surface area contributed by atoms with Gasteiger partial charge >= 0.3 is 5.97 Å². The lowest BCUT2D eigenvalue weighted by atomic mass is 9.80. The first-order valence-corrected chi connectivity index (χ1v) is 7.57. The zero-order valence-electron chi connectivity index (χ0n) is 12.3. The van der Waals surface area contributed by atoms with Crippen LogP contribution in [0.2, 0.25) is 0 Å². The van der Waals surface area contributed by atoms with Gasteiger partial charge in [0.1, 0.15) is 0 Å². The van der Waals surface area contributed by atoms with Crippen molar-refractivity contribution in [1.29, 1.82) is 0 Å². The molecule has 1 aliphatic carbocycles. The Hall–Kier alpha value is -1.35. The quantitative estimate of drug-likeness (QED) is 0.897. The third kappa shape index (κ3) is 2.14. The van der Waals surface area contributed by atoms with Gasteiger partial charge in [-0.05, 0) is 49.8 Å². The number of benzene rings is 1. The van der Waals surface area contributed by atoms with Crippen LogP contribution >= 0.6 is 0 Å². The lowest BCUT2D eigenvalue weighted by Gasteiger charge is -2.36. The molecule has 1 heterocycles. The summed E-state index contributed by atoms with van der Waals surface area (Å²) in [4.78, 5) is 13.8. The maximum atomic E-state index is 11.4. The molecule has 1 fully saturated rings. The van der Waals surface area contributed by atoms with Gasteiger partial charge in [0, 0.05) is 12.6 Å². The molecule has 3 unspecified atom stereocenters. The second-order valence-corrected chi connectivity index (χ2v) is 6.71. The average molecular weight is 273 g/mol. The Morgan fingerprint density at radius 2 is 2.00 bits per heavy atom. The molecule has 3 rings (SSSR count). The molecular formula is C17H23NO2. The predicted octanol–water partition coefficient (Wildman–Crippen LogP) is 3.42. The molecule has 0 bridgehead atoms. The number of fused-ring (bicyclic) bond motifs is 1. The molecular weight excluding hydrogens is 250 g/mol. The Morgan fingerprint density at radius 3 is 2.65 bits per heavy atom. The Labute approximate surface area is 120 Å². The maximum absolute atomic E-state index is 11.4. The molecule has 1 aromatic rings. The SMILES string of the molecule is CC1CCC(N2CCC(C)(C(=O)O)C2)c2ccccc21. The number of rotatable bonds is 2. The fraction of sp³-hybridized carbons (Fsp3) is 0.588. The molecule has 3 nitrogen and oxygen atoms in total. The fourth-order valence-corrected chi connectivity index (χ4v) is 3.80. The molecule has 3 heteroatoms. The lowest BCUT2D eigenvalue weighted by molar-refractivity contribution is -0.147. The minimum Gasteiger partial charge on any atom is -0.481 e. The van der Waals surface area contributed by atoms with Crippen LogP contribution in [0, 0.1) is 5.41 Å². The number of carbonyl (C=O) groups is 1. The van der Waals surface area contributed by atoms with Crippen molar-refractivity contribution < 1.29 is 9.90 Å². The van der Waals surface area contributed by atoms with Gasteiger partial charge in [-0.25, -0.2) is 0 Å². The first-order valence-electron chi connectivity index (χ1n) is 7.57. The van der Waals surface area contributed by atoms with E-state index in [2.05, 4.69) is 36.1 Å². The number of hydrogen-bond acceptors (Lipinski definition) is 2. The molecule has 0 spiro atoms. The second kappa shape index (κ2) is 4.88. The first-order chi connectivity index (χ1) is 9.51. The van der Waals surface area contributed by atoms with Gasteiger partial charge in [0.05, 0.1) is 5.41 Å². The molecule has 0 amide bonds. The summed E-state index contributed by atoms with van der Waals surface area (Å²) >= 11 is 0. The van der Waals surface area contributed by atoms with Gasteiger partial charge in [0.2, 0.25) is 0 Å². The third-order valence-electron chi connectivity index (χ3n) is 5.22. The molecule has 20 heavy (non-hydrogen) atoms. The largest absolute Gasteiger partial charge is 0.481 e. The standard InChI is InChI=1S/C17H23NO2/c1-12-7-8-15(14-6-4-3-5-13(12)14)18-10-9-17(2,11-18)16(19)20/h3-6,12,15H,7-11H2,1-2H3,(H,19,20). The molecule has 108 valence electrons. The number of nitrogens with zero attached hydrogens (tertiary/aromatic N) is 1. The van der Waals surface area contributed by atoms with E-state index in [1.807, 2.05) is 6.92 Å². The van der Waals surface area contributed by atoms with E-state index >= 15 is 0 Å². The van der Waals surface area contributed by atoms with Crippen molar-refractivity contribution >= 4 is 5.97 Å². The zero-order valence-corrected chi connectivity index (χ0v) is 12.3. The molecule has 1 aromatic carbocycles. The minimum absolute atomic E-state index is 0.406. The Balaban J connectivity index is 1.86. The van der Waals surface area contributed by atoms with Crippen LogP contribution in [0.5, 0.6) is 0 Å². The van der Waals surface area contributed by atoms with Crippen molar-refractivity contribution in [2.45, 2.75) is 45.1 Å². The van der Waals surface area contributed by atoms with E-state index < -0.39 is 11.4 Å². The van der Waals surface area contributed by atoms with Crippen molar-refractivity contribution in [1.82, 2.24) is 4.90 Å². The monoisotopic (exact) mass is 273 g/mol. The van der Waals surface area contributed by atoms with Crippen molar-refractivity contribution in [3.63, 3.8) is 0 Å². The minimum atomic E-state index is -0.655. The average Bonchev–Trinajstić information content (AvgIpc) is 2.83. The van der Waals surface area contributed by atoms with Gasteiger partial charge in [-0.2, -0.15) is 0 Å². The highest BCUT2D eigenvalue weighted by Crippen LogP contribution is 2.44. The van der Waals surface area contributed by atoms with Gasteiger partial charge in [-0.15, -0.1) is 0 Å². The van der Waals surface area contributed by atoms with E-state index in [-0.39, 0.29) is 0 Å². The summed E-state index contributed by atoms with van der Waals surface area (Å²) in [6.07, 6.45) is 3.10. The van der Waals surface area contributed by atoms with Crippen molar-refractivity contribution in [3.05, 3.63) is 35.4 Å². The van der Waals surface area contributed by atoms with Gasteiger partial charge in [0.25, 0.3) is 0 Å². The first kappa shape index (κ1) is 13.6. The topological polar surface area (TPSA) is 40.5 Å². The Morgan fingerprint density at radius 1 is 1.30 bits per heavy atom. The summed E-state index contributed by atoms with van der Waals surface area (Å²) in [7, 11) is 0. The van der Waals surface area contributed by atoms with Crippen molar-refractivity contribution in [2.24, 2.45) is 5.41 Å². The molecule has 0 aromatic heterocycles. The summed E-state index contributed by atoms with van der Waals surface area (Å²) in [5.74, 6) is -0.0339. The Bertz CT molecular complexity index is 527. The molecule has 2 aliphatic rings. The van der Waals surface area contributed by atoms with E-state index in [9.17, 15) is 9.90 Å². The smallest absolute Gasteiger partial charge is 0.310 e. The number of aliphatic carboxylic acids is 1. The number of likely N-dealkylation sites (tertiary alicyclic amines) is 1. The number of hydrogen-bond donors (Lipinski definition) is 1. The van der Waals surface area contributed by atoms with Crippen LogP contribution < -0.4 is 0 Å². The van der Waals surface area contributed by atoms with Crippen LogP contribution in [-0.2, 0) is 4.79 Å². The maximum Gasteiger partial charge on any atom is 0.310 e. The van der Waals surface area contributed by atoms with Crippen LogP contribution in [0.1, 0.15) is 56.2 Å². The summed E-state index contributed by atoms with van der Waals surface area (Å²) in [6, 6.07) is 9.09. The second-order valence-electron chi connectivity index (χ2n) is 6.71. The highest BCUT2D eigenvalue weighted by atomic mass is 16.4. The van der Waals surface area contributed by atoms with Gasteiger partial charge < -0.3 is 5.11 Å². The number of carboxylic acids is 1. The fourth-order valence-electron chi connectivity index (χ4n) is 3.80. The highest BCUT2D eigenvalue weighted by molar-refractivity contribution is 5.74.